The molecule has 3 rings (SSSR count). The van der Waals surface area contributed by atoms with Crippen LogP contribution in [0.3, 0.4) is 0 Å². The molecule has 0 saturated heterocycles. The highest BCUT2D eigenvalue weighted by molar-refractivity contribution is 6.01. The van der Waals surface area contributed by atoms with E-state index in [9.17, 15) is 4.79 Å². The first-order chi connectivity index (χ1) is 11.6. The van der Waals surface area contributed by atoms with Crippen molar-refractivity contribution in [1.82, 2.24) is 15.1 Å². The second kappa shape index (κ2) is 7.17. The molecule has 5 heteroatoms. The number of aryl methyl sites for hydroxylation is 1. The number of carbonyl (C=O) groups is 1. The highest BCUT2D eigenvalue weighted by Gasteiger charge is 2.08. The van der Waals surface area contributed by atoms with E-state index in [-0.39, 0.29) is 6.03 Å². The molecule has 2 N–H and O–H groups in total. The van der Waals surface area contributed by atoms with E-state index >= 15 is 0 Å². The summed E-state index contributed by atoms with van der Waals surface area (Å²) < 4.78 is 1.91. The number of hydrogen-bond acceptors (Lipinski definition) is 2. The fourth-order valence-electron chi connectivity index (χ4n) is 2.72. The van der Waals surface area contributed by atoms with Gasteiger partial charge in [0.15, 0.2) is 0 Å². The number of benzene rings is 2. The Labute approximate surface area is 141 Å². The first kappa shape index (κ1) is 16.1. The molecule has 0 spiro atoms. The van der Waals surface area contributed by atoms with Crippen molar-refractivity contribution < 1.29 is 4.79 Å². The molecule has 0 saturated carbocycles. The van der Waals surface area contributed by atoms with Gasteiger partial charge in [-0.15, -0.1) is 0 Å². The van der Waals surface area contributed by atoms with Gasteiger partial charge in [0.1, 0.15) is 0 Å². The molecule has 0 aliphatic heterocycles. The van der Waals surface area contributed by atoms with E-state index in [1.165, 1.54) is 0 Å². The SMILES string of the molecule is Cc1ccn(CC(C)CNC(=O)Nc2cccc3ccccc23)n1. The van der Waals surface area contributed by atoms with Gasteiger partial charge in [-0.05, 0) is 30.4 Å². The van der Waals surface area contributed by atoms with Crippen molar-refractivity contribution in [3.8, 4) is 0 Å². The van der Waals surface area contributed by atoms with Gasteiger partial charge >= 0.3 is 6.03 Å². The van der Waals surface area contributed by atoms with E-state index in [0.717, 1.165) is 28.7 Å². The van der Waals surface area contributed by atoms with Crippen molar-refractivity contribution in [3.05, 3.63) is 60.4 Å². The minimum absolute atomic E-state index is 0.185. The van der Waals surface area contributed by atoms with Gasteiger partial charge in [0.2, 0.25) is 0 Å². The molecule has 2 aromatic carbocycles. The summed E-state index contributed by atoms with van der Waals surface area (Å²) in [5.41, 5.74) is 1.82. The van der Waals surface area contributed by atoms with E-state index in [1.807, 2.05) is 66.3 Å². The van der Waals surface area contributed by atoms with Gasteiger partial charge < -0.3 is 10.6 Å². The minimum atomic E-state index is -0.185. The molecule has 1 unspecified atom stereocenters. The molecule has 0 radical (unpaired) electrons. The molecule has 0 fully saturated rings. The van der Waals surface area contributed by atoms with Gasteiger partial charge in [-0.1, -0.05) is 43.3 Å². The second-order valence-corrected chi connectivity index (χ2v) is 6.15. The Balaban J connectivity index is 1.55. The Morgan fingerprint density at radius 2 is 1.96 bits per heavy atom. The summed E-state index contributed by atoms with van der Waals surface area (Å²) >= 11 is 0. The fourth-order valence-corrected chi connectivity index (χ4v) is 2.72. The summed E-state index contributed by atoms with van der Waals surface area (Å²) in [6.45, 7) is 5.43. The Kier molecular flexibility index (Phi) is 4.79. The molecular weight excluding hydrogens is 300 g/mol. The number of fused-ring (bicyclic) bond motifs is 1. The Morgan fingerprint density at radius 1 is 1.17 bits per heavy atom. The standard InChI is InChI=1S/C19H22N4O/c1-14(13-23-11-10-15(2)22-23)12-20-19(24)21-18-9-5-7-16-6-3-4-8-17(16)18/h3-11,14H,12-13H2,1-2H3,(H2,20,21,24). The number of urea groups is 1. The van der Waals surface area contributed by atoms with Crippen LogP contribution in [0.4, 0.5) is 10.5 Å². The molecule has 5 nitrogen and oxygen atoms in total. The summed E-state index contributed by atoms with van der Waals surface area (Å²) in [5, 5.41) is 12.4. The molecule has 1 aromatic heterocycles. The number of aromatic nitrogens is 2. The van der Waals surface area contributed by atoms with Crippen LogP contribution in [-0.2, 0) is 6.54 Å². The molecule has 0 aliphatic carbocycles. The van der Waals surface area contributed by atoms with Crippen LogP contribution in [0, 0.1) is 12.8 Å². The van der Waals surface area contributed by atoms with Crippen molar-refractivity contribution in [3.63, 3.8) is 0 Å². The molecule has 1 heterocycles. The Hall–Kier alpha value is -2.82. The number of nitrogens with zero attached hydrogens (tertiary/aromatic N) is 2. The Morgan fingerprint density at radius 3 is 2.75 bits per heavy atom. The third-order valence-corrected chi connectivity index (χ3v) is 3.92. The lowest BCUT2D eigenvalue weighted by Crippen LogP contribution is -2.33. The average molecular weight is 322 g/mol. The number of hydrogen-bond donors (Lipinski definition) is 2. The third kappa shape index (κ3) is 3.93. The zero-order valence-corrected chi connectivity index (χ0v) is 14.0. The highest BCUT2D eigenvalue weighted by atomic mass is 16.2. The van der Waals surface area contributed by atoms with Crippen LogP contribution in [0.5, 0.6) is 0 Å². The van der Waals surface area contributed by atoms with Crippen LogP contribution in [0.1, 0.15) is 12.6 Å². The maximum Gasteiger partial charge on any atom is 0.319 e. The van der Waals surface area contributed by atoms with Crippen LogP contribution < -0.4 is 10.6 Å². The number of nitrogens with one attached hydrogen (secondary N) is 2. The van der Waals surface area contributed by atoms with Gasteiger partial charge in [-0.2, -0.15) is 5.10 Å². The molecule has 0 aliphatic rings. The molecular formula is C19H22N4O. The molecule has 24 heavy (non-hydrogen) atoms. The van der Waals surface area contributed by atoms with Gasteiger partial charge in [-0.3, -0.25) is 4.68 Å². The van der Waals surface area contributed by atoms with E-state index in [0.29, 0.717) is 12.5 Å². The summed E-state index contributed by atoms with van der Waals surface area (Å²) in [6, 6.07) is 15.7. The maximum atomic E-state index is 12.2. The van der Waals surface area contributed by atoms with Crippen LogP contribution in [0.15, 0.2) is 54.7 Å². The zero-order chi connectivity index (χ0) is 16.9. The zero-order valence-electron chi connectivity index (χ0n) is 14.0. The smallest absolute Gasteiger partial charge is 0.319 e. The van der Waals surface area contributed by atoms with Gasteiger partial charge in [0, 0.05) is 24.7 Å². The minimum Gasteiger partial charge on any atom is -0.338 e. The molecule has 0 bridgehead atoms. The van der Waals surface area contributed by atoms with Gasteiger partial charge in [0.05, 0.1) is 11.4 Å². The molecule has 124 valence electrons. The summed E-state index contributed by atoms with van der Waals surface area (Å²) in [4.78, 5) is 12.2. The van der Waals surface area contributed by atoms with E-state index in [1.54, 1.807) is 0 Å². The summed E-state index contributed by atoms with van der Waals surface area (Å²) in [7, 11) is 0. The van der Waals surface area contributed by atoms with Crippen LogP contribution >= 0.6 is 0 Å². The van der Waals surface area contributed by atoms with E-state index < -0.39 is 0 Å². The van der Waals surface area contributed by atoms with Crippen LogP contribution in [0.2, 0.25) is 0 Å². The topological polar surface area (TPSA) is 59.0 Å². The van der Waals surface area contributed by atoms with Crippen LogP contribution in [-0.4, -0.2) is 22.4 Å². The summed E-state index contributed by atoms with van der Waals surface area (Å²) in [5.74, 6) is 0.294. The van der Waals surface area contributed by atoms with Crippen LogP contribution in [0.25, 0.3) is 10.8 Å². The first-order valence-electron chi connectivity index (χ1n) is 8.14. The highest BCUT2D eigenvalue weighted by Crippen LogP contribution is 2.22. The van der Waals surface area contributed by atoms with Crippen molar-refractivity contribution in [2.75, 3.05) is 11.9 Å². The molecule has 1 atom stereocenters. The van der Waals surface area contributed by atoms with E-state index in [4.69, 9.17) is 0 Å². The fraction of sp³-hybridized carbons (Fsp3) is 0.263. The van der Waals surface area contributed by atoms with E-state index in [2.05, 4.69) is 22.7 Å². The molecule has 3 aromatic rings. The third-order valence-electron chi connectivity index (χ3n) is 3.92. The largest absolute Gasteiger partial charge is 0.338 e. The lowest BCUT2D eigenvalue weighted by Gasteiger charge is -2.14. The predicted octanol–water partition coefficient (Wildman–Crippen LogP) is 3.80. The Bertz CT molecular complexity index is 835. The van der Waals surface area contributed by atoms with Crippen molar-refractivity contribution in [2.45, 2.75) is 20.4 Å². The lowest BCUT2D eigenvalue weighted by molar-refractivity contribution is 0.249. The predicted molar refractivity (Wildman–Crippen MR) is 97.1 cm³/mol. The van der Waals surface area contributed by atoms with Gasteiger partial charge in [-0.25, -0.2) is 4.79 Å². The number of rotatable bonds is 5. The summed E-state index contributed by atoms with van der Waals surface area (Å²) in [6.07, 6.45) is 1.96. The van der Waals surface area contributed by atoms with Gasteiger partial charge in [0.25, 0.3) is 0 Å². The normalized spacial score (nSPS) is 12.1. The average Bonchev–Trinajstić information content (AvgIpc) is 2.98. The second-order valence-electron chi connectivity index (χ2n) is 6.15. The van der Waals surface area contributed by atoms with Crippen molar-refractivity contribution >= 4 is 22.5 Å². The molecule has 2 amide bonds. The number of amides is 2. The monoisotopic (exact) mass is 322 g/mol. The number of carbonyl (C=O) groups excluding carboxylic acids is 1. The maximum absolute atomic E-state index is 12.2. The lowest BCUT2D eigenvalue weighted by atomic mass is 10.1. The first-order valence-corrected chi connectivity index (χ1v) is 8.14. The quantitative estimate of drug-likeness (QED) is 0.750. The number of anilines is 1. The van der Waals surface area contributed by atoms with Crippen molar-refractivity contribution in [1.29, 1.82) is 0 Å². The van der Waals surface area contributed by atoms with Crippen molar-refractivity contribution in [2.24, 2.45) is 5.92 Å².